The van der Waals surface area contributed by atoms with Gasteiger partial charge in [0, 0.05) is 17.6 Å². The molecule has 0 atom stereocenters. The first kappa shape index (κ1) is 12.7. The Morgan fingerprint density at radius 2 is 1.68 bits per heavy atom. The molecular weight excluding hydrogens is 238 g/mol. The minimum Gasteiger partial charge on any atom is -0.399 e. The van der Waals surface area contributed by atoms with E-state index in [1.807, 2.05) is 36.4 Å². The molecule has 0 spiro atoms. The van der Waals surface area contributed by atoms with Crippen molar-refractivity contribution in [1.82, 2.24) is 5.32 Å². The lowest BCUT2D eigenvalue weighted by atomic mass is 10.2. The molecule has 2 rings (SSSR count). The summed E-state index contributed by atoms with van der Waals surface area (Å²) in [6, 6.07) is 16.4. The van der Waals surface area contributed by atoms with Gasteiger partial charge in [-0.3, -0.25) is 0 Å². The van der Waals surface area contributed by atoms with Crippen molar-refractivity contribution in [1.29, 1.82) is 0 Å². The number of benzene rings is 2. The second-order valence-corrected chi connectivity index (χ2v) is 3.96. The van der Waals surface area contributed by atoms with Gasteiger partial charge in [-0.25, -0.2) is 4.79 Å². The molecule has 0 aliphatic heterocycles. The summed E-state index contributed by atoms with van der Waals surface area (Å²) < 4.78 is 0. The largest absolute Gasteiger partial charge is 0.399 e. The maximum Gasteiger partial charge on any atom is 0.323 e. The first-order valence-electron chi connectivity index (χ1n) is 5.89. The zero-order chi connectivity index (χ0) is 13.5. The Bertz CT molecular complexity index is 562. The van der Waals surface area contributed by atoms with Crippen LogP contribution >= 0.6 is 0 Å². The molecule has 2 aromatic rings. The molecule has 0 aromatic heterocycles. The van der Waals surface area contributed by atoms with E-state index >= 15 is 0 Å². The van der Waals surface area contributed by atoms with E-state index in [0.29, 0.717) is 11.4 Å². The summed E-state index contributed by atoms with van der Waals surface area (Å²) in [7, 11) is 0. The lowest BCUT2D eigenvalue weighted by Gasteiger charge is -2.04. The van der Waals surface area contributed by atoms with Gasteiger partial charge in [0.2, 0.25) is 0 Å². The molecule has 19 heavy (non-hydrogen) atoms. The smallest absolute Gasteiger partial charge is 0.323 e. The quantitative estimate of drug-likeness (QED) is 0.736. The number of nitrogen functional groups attached to an aromatic ring is 1. The first-order valence-corrected chi connectivity index (χ1v) is 5.89. The number of hydrogen-bond donors (Lipinski definition) is 3. The van der Waals surface area contributed by atoms with E-state index in [4.69, 9.17) is 5.73 Å². The standard InChI is InChI=1S/C15H15N3O/c16-13-6-8-14(9-7-13)18-15(19)17-11-10-12-4-2-1-3-5-12/h1-11H,16H2,(H2,17,18,19)/b11-10+. The van der Waals surface area contributed by atoms with Gasteiger partial charge in [-0.15, -0.1) is 0 Å². The van der Waals surface area contributed by atoms with Crippen molar-refractivity contribution < 1.29 is 4.79 Å². The van der Waals surface area contributed by atoms with Crippen LogP contribution in [0.1, 0.15) is 5.56 Å². The van der Waals surface area contributed by atoms with Gasteiger partial charge in [0.05, 0.1) is 0 Å². The molecule has 0 saturated heterocycles. The fourth-order valence-corrected chi connectivity index (χ4v) is 1.51. The van der Waals surface area contributed by atoms with Gasteiger partial charge in [-0.2, -0.15) is 0 Å². The molecule has 2 amide bonds. The average Bonchev–Trinajstić information content (AvgIpc) is 2.43. The number of urea groups is 1. The van der Waals surface area contributed by atoms with Gasteiger partial charge in [-0.1, -0.05) is 30.3 Å². The predicted octanol–water partition coefficient (Wildman–Crippen LogP) is 3.06. The average molecular weight is 253 g/mol. The Labute approximate surface area is 111 Å². The number of carbonyl (C=O) groups is 1. The number of carbonyl (C=O) groups excluding carboxylic acids is 1. The molecule has 0 radical (unpaired) electrons. The SMILES string of the molecule is Nc1ccc(NC(=O)N/C=C/c2ccccc2)cc1. The van der Waals surface area contributed by atoms with E-state index < -0.39 is 0 Å². The number of hydrogen-bond acceptors (Lipinski definition) is 2. The van der Waals surface area contributed by atoms with Gasteiger partial charge in [0.15, 0.2) is 0 Å². The summed E-state index contributed by atoms with van der Waals surface area (Å²) in [5.74, 6) is 0. The minimum absolute atomic E-state index is 0.294. The van der Waals surface area contributed by atoms with Gasteiger partial charge in [0.25, 0.3) is 0 Å². The molecular formula is C15H15N3O. The Morgan fingerprint density at radius 3 is 2.37 bits per heavy atom. The van der Waals surface area contributed by atoms with Crippen LogP contribution in [0.5, 0.6) is 0 Å². The van der Waals surface area contributed by atoms with Crippen LogP contribution in [0.15, 0.2) is 60.8 Å². The van der Waals surface area contributed by atoms with Crippen molar-refractivity contribution in [2.75, 3.05) is 11.1 Å². The van der Waals surface area contributed by atoms with E-state index in [1.165, 1.54) is 0 Å². The molecule has 0 fully saturated rings. The van der Waals surface area contributed by atoms with Gasteiger partial charge in [0.1, 0.15) is 0 Å². The lowest BCUT2D eigenvalue weighted by molar-refractivity contribution is 0.255. The monoisotopic (exact) mass is 253 g/mol. The van der Waals surface area contributed by atoms with Crippen LogP contribution in [-0.4, -0.2) is 6.03 Å². The first-order chi connectivity index (χ1) is 9.24. The zero-order valence-corrected chi connectivity index (χ0v) is 10.3. The van der Waals surface area contributed by atoms with Gasteiger partial charge in [-0.05, 0) is 35.9 Å². The molecule has 96 valence electrons. The predicted molar refractivity (Wildman–Crippen MR) is 78.5 cm³/mol. The molecule has 0 aliphatic carbocycles. The maximum absolute atomic E-state index is 11.6. The summed E-state index contributed by atoms with van der Waals surface area (Å²) in [6.07, 6.45) is 3.42. The molecule has 0 unspecified atom stereocenters. The highest BCUT2D eigenvalue weighted by Crippen LogP contribution is 2.10. The van der Waals surface area contributed by atoms with Crippen LogP contribution in [0.2, 0.25) is 0 Å². The fraction of sp³-hybridized carbons (Fsp3) is 0. The maximum atomic E-state index is 11.6. The number of amides is 2. The molecule has 4 nitrogen and oxygen atoms in total. The van der Waals surface area contributed by atoms with Crippen LogP contribution < -0.4 is 16.4 Å². The Morgan fingerprint density at radius 1 is 1.00 bits per heavy atom. The topological polar surface area (TPSA) is 67.1 Å². The molecule has 0 saturated carbocycles. The number of nitrogens with two attached hydrogens (primary N) is 1. The summed E-state index contributed by atoms with van der Waals surface area (Å²) >= 11 is 0. The highest BCUT2D eigenvalue weighted by Gasteiger charge is 1.98. The van der Waals surface area contributed by atoms with E-state index in [9.17, 15) is 4.79 Å². The van der Waals surface area contributed by atoms with Crippen molar-refractivity contribution >= 4 is 23.5 Å². The molecule has 2 aromatic carbocycles. The normalized spacial score (nSPS) is 10.3. The van der Waals surface area contributed by atoms with Crippen LogP contribution in [0.4, 0.5) is 16.2 Å². The van der Waals surface area contributed by atoms with E-state index in [1.54, 1.807) is 30.5 Å². The van der Waals surface area contributed by atoms with Crippen LogP contribution in [0.25, 0.3) is 6.08 Å². The van der Waals surface area contributed by atoms with Crippen molar-refractivity contribution in [3.8, 4) is 0 Å². The summed E-state index contributed by atoms with van der Waals surface area (Å²) in [5.41, 5.74) is 7.94. The van der Waals surface area contributed by atoms with Crippen molar-refractivity contribution in [2.45, 2.75) is 0 Å². The zero-order valence-electron chi connectivity index (χ0n) is 10.3. The third-order valence-electron chi connectivity index (χ3n) is 2.46. The molecule has 0 aliphatic rings. The third-order valence-corrected chi connectivity index (χ3v) is 2.46. The van der Waals surface area contributed by atoms with E-state index in [0.717, 1.165) is 5.56 Å². The molecule has 4 heteroatoms. The second-order valence-electron chi connectivity index (χ2n) is 3.96. The number of rotatable bonds is 3. The Balaban J connectivity index is 1.85. The highest BCUT2D eigenvalue weighted by atomic mass is 16.2. The Hall–Kier alpha value is -2.75. The number of nitrogens with one attached hydrogen (secondary N) is 2. The minimum atomic E-state index is -0.294. The Kier molecular flexibility index (Phi) is 4.18. The summed E-state index contributed by atoms with van der Waals surface area (Å²) in [6.45, 7) is 0. The molecule has 0 heterocycles. The lowest BCUT2D eigenvalue weighted by Crippen LogP contribution is -2.23. The van der Waals surface area contributed by atoms with Crippen LogP contribution in [0.3, 0.4) is 0 Å². The molecule has 4 N–H and O–H groups in total. The van der Waals surface area contributed by atoms with Gasteiger partial charge >= 0.3 is 6.03 Å². The van der Waals surface area contributed by atoms with Crippen LogP contribution in [0, 0.1) is 0 Å². The van der Waals surface area contributed by atoms with Gasteiger partial charge < -0.3 is 16.4 Å². The van der Waals surface area contributed by atoms with E-state index in [2.05, 4.69) is 10.6 Å². The summed E-state index contributed by atoms with van der Waals surface area (Å²) in [5, 5.41) is 5.33. The second kappa shape index (κ2) is 6.26. The molecule has 0 bridgehead atoms. The van der Waals surface area contributed by atoms with E-state index in [-0.39, 0.29) is 6.03 Å². The van der Waals surface area contributed by atoms with Crippen molar-refractivity contribution in [3.05, 3.63) is 66.4 Å². The van der Waals surface area contributed by atoms with Crippen molar-refractivity contribution in [2.24, 2.45) is 0 Å². The van der Waals surface area contributed by atoms with Crippen LogP contribution in [-0.2, 0) is 0 Å². The third kappa shape index (κ3) is 4.20. The van der Waals surface area contributed by atoms with Crippen molar-refractivity contribution in [3.63, 3.8) is 0 Å². The fourth-order valence-electron chi connectivity index (χ4n) is 1.51. The number of anilines is 2. The summed E-state index contributed by atoms with van der Waals surface area (Å²) in [4.78, 5) is 11.6. The highest BCUT2D eigenvalue weighted by molar-refractivity contribution is 5.90.